The molecule has 0 aromatic heterocycles. The summed E-state index contributed by atoms with van der Waals surface area (Å²) in [5.74, 6) is 0.396. The minimum absolute atomic E-state index is 0.155. The third kappa shape index (κ3) is 6.42. The van der Waals surface area contributed by atoms with Gasteiger partial charge in [0.1, 0.15) is 5.75 Å². The molecule has 0 aliphatic rings. The number of hydrogen-bond donors (Lipinski definition) is 3. The largest absolute Gasteiger partial charge is 0.494 e. The van der Waals surface area contributed by atoms with Gasteiger partial charge in [-0.25, -0.2) is 0 Å². The molecule has 0 heterocycles. The molecule has 0 spiro atoms. The van der Waals surface area contributed by atoms with Crippen LogP contribution in [0.2, 0.25) is 0 Å². The third-order valence-corrected chi connectivity index (χ3v) is 4.17. The van der Waals surface area contributed by atoms with Crippen LogP contribution in [0.4, 0.5) is 5.69 Å². The zero-order valence-corrected chi connectivity index (χ0v) is 15.9. The first-order valence-electron chi connectivity index (χ1n) is 9.08. The fourth-order valence-electron chi connectivity index (χ4n) is 2.51. The fourth-order valence-corrected chi connectivity index (χ4v) is 2.51. The maximum absolute atomic E-state index is 12.2. The number of nitrogens with two attached hydrogens (primary N) is 1. The first kappa shape index (κ1) is 20.5. The first-order valence-corrected chi connectivity index (χ1v) is 9.08. The van der Waals surface area contributed by atoms with E-state index in [1.807, 2.05) is 25.1 Å². The van der Waals surface area contributed by atoms with Crippen molar-refractivity contribution in [3.8, 4) is 5.75 Å². The van der Waals surface area contributed by atoms with Crippen LogP contribution < -0.4 is 21.1 Å². The van der Waals surface area contributed by atoms with Crippen molar-refractivity contribution >= 4 is 17.5 Å². The van der Waals surface area contributed by atoms with E-state index < -0.39 is 0 Å². The predicted molar refractivity (Wildman–Crippen MR) is 107 cm³/mol. The standard InChI is InChI=1S/C21H27N3O3/c1-15-9-10-17(14-16(15)2)27-13-5-8-20(25)24-19-7-4-3-6-18(19)21(26)23-12-11-22/h3-4,6-7,9-10,14H,5,8,11-13,22H2,1-2H3,(H,23,26)(H,24,25). The van der Waals surface area contributed by atoms with Crippen molar-refractivity contribution in [3.05, 3.63) is 59.2 Å². The van der Waals surface area contributed by atoms with Gasteiger partial charge in [0.25, 0.3) is 5.91 Å². The highest BCUT2D eigenvalue weighted by Gasteiger charge is 2.12. The molecular formula is C21H27N3O3. The van der Waals surface area contributed by atoms with Crippen molar-refractivity contribution in [1.82, 2.24) is 5.32 Å². The van der Waals surface area contributed by atoms with Gasteiger partial charge < -0.3 is 21.1 Å². The Bertz CT molecular complexity index is 790. The average molecular weight is 369 g/mol. The Morgan fingerprint density at radius 1 is 1.07 bits per heavy atom. The number of rotatable bonds is 9. The minimum Gasteiger partial charge on any atom is -0.494 e. The molecule has 0 aliphatic heterocycles. The third-order valence-electron chi connectivity index (χ3n) is 4.17. The van der Waals surface area contributed by atoms with Gasteiger partial charge in [-0.05, 0) is 55.7 Å². The smallest absolute Gasteiger partial charge is 0.253 e. The number of aryl methyl sites for hydroxylation is 2. The van der Waals surface area contributed by atoms with E-state index in [0.717, 1.165) is 5.75 Å². The quantitative estimate of drug-likeness (QED) is 0.593. The predicted octanol–water partition coefficient (Wildman–Crippen LogP) is 2.79. The molecule has 0 radical (unpaired) electrons. The van der Waals surface area contributed by atoms with Crippen LogP contribution >= 0.6 is 0 Å². The van der Waals surface area contributed by atoms with Crippen LogP contribution in [-0.2, 0) is 4.79 Å². The second kappa shape index (κ2) is 10.3. The summed E-state index contributed by atoms with van der Waals surface area (Å²) in [5, 5.41) is 5.50. The topological polar surface area (TPSA) is 93.4 Å². The van der Waals surface area contributed by atoms with Gasteiger partial charge in [-0.1, -0.05) is 18.2 Å². The number of ether oxygens (including phenoxy) is 1. The number of carbonyl (C=O) groups excluding carboxylic acids is 2. The van der Waals surface area contributed by atoms with E-state index in [0.29, 0.717) is 43.8 Å². The lowest BCUT2D eigenvalue weighted by atomic mass is 10.1. The Morgan fingerprint density at radius 3 is 2.59 bits per heavy atom. The summed E-state index contributed by atoms with van der Waals surface area (Å²) in [6, 6.07) is 12.8. The molecule has 144 valence electrons. The molecule has 6 nitrogen and oxygen atoms in total. The summed E-state index contributed by atoms with van der Waals surface area (Å²) in [6.07, 6.45) is 0.893. The monoisotopic (exact) mass is 369 g/mol. The molecule has 0 unspecified atom stereocenters. The SMILES string of the molecule is Cc1ccc(OCCCC(=O)Nc2ccccc2C(=O)NCCN)cc1C. The Kier molecular flexibility index (Phi) is 7.82. The molecule has 27 heavy (non-hydrogen) atoms. The second-order valence-corrected chi connectivity index (χ2v) is 6.34. The molecule has 0 atom stereocenters. The lowest BCUT2D eigenvalue weighted by Gasteiger charge is -2.11. The first-order chi connectivity index (χ1) is 13.0. The van der Waals surface area contributed by atoms with Crippen LogP contribution in [0.3, 0.4) is 0 Å². The van der Waals surface area contributed by atoms with Crippen molar-refractivity contribution in [1.29, 1.82) is 0 Å². The van der Waals surface area contributed by atoms with E-state index in [9.17, 15) is 9.59 Å². The van der Waals surface area contributed by atoms with Gasteiger partial charge in [-0.3, -0.25) is 9.59 Å². The molecule has 2 amide bonds. The van der Waals surface area contributed by atoms with Crippen LogP contribution in [0, 0.1) is 13.8 Å². The van der Waals surface area contributed by atoms with Crippen LogP contribution in [-0.4, -0.2) is 31.5 Å². The van der Waals surface area contributed by atoms with E-state index in [1.54, 1.807) is 24.3 Å². The lowest BCUT2D eigenvalue weighted by Crippen LogP contribution is -2.30. The van der Waals surface area contributed by atoms with E-state index in [1.165, 1.54) is 11.1 Å². The summed E-state index contributed by atoms with van der Waals surface area (Å²) in [4.78, 5) is 24.3. The van der Waals surface area contributed by atoms with Gasteiger partial charge in [0, 0.05) is 19.5 Å². The molecule has 0 aliphatic carbocycles. The second-order valence-electron chi connectivity index (χ2n) is 6.34. The number of anilines is 1. The molecule has 4 N–H and O–H groups in total. The number of nitrogens with one attached hydrogen (secondary N) is 2. The number of amides is 2. The van der Waals surface area contributed by atoms with Gasteiger partial charge in [0.2, 0.25) is 5.91 Å². The normalized spacial score (nSPS) is 10.3. The highest BCUT2D eigenvalue weighted by Crippen LogP contribution is 2.17. The Hall–Kier alpha value is -2.86. The molecule has 2 aromatic carbocycles. The highest BCUT2D eigenvalue weighted by atomic mass is 16.5. The maximum Gasteiger partial charge on any atom is 0.253 e. The number of hydrogen-bond acceptors (Lipinski definition) is 4. The molecule has 0 saturated heterocycles. The van der Waals surface area contributed by atoms with Gasteiger partial charge >= 0.3 is 0 Å². The summed E-state index contributed by atoms with van der Waals surface area (Å²) in [7, 11) is 0. The van der Waals surface area contributed by atoms with Crippen molar-refractivity contribution in [2.45, 2.75) is 26.7 Å². The van der Waals surface area contributed by atoms with Crippen LogP contribution in [0.15, 0.2) is 42.5 Å². The van der Waals surface area contributed by atoms with Crippen molar-refractivity contribution in [2.24, 2.45) is 5.73 Å². The van der Waals surface area contributed by atoms with Gasteiger partial charge in [-0.2, -0.15) is 0 Å². The number of benzene rings is 2. The Morgan fingerprint density at radius 2 is 1.85 bits per heavy atom. The fraction of sp³-hybridized carbons (Fsp3) is 0.333. The maximum atomic E-state index is 12.2. The number of carbonyl (C=O) groups is 2. The highest BCUT2D eigenvalue weighted by molar-refractivity contribution is 6.03. The van der Waals surface area contributed by atoms with Crippen LogP contribution in [0.1, 0.15) is 34.3 Å². The van der Waals surface area contributed by atoms with Crippen molar-refractivity contribution < 1.29 is 14.3 Å². The van der Waals surface area contributed by atoms with Crippen LogP contribution in [0.25, 0.3) is 0 Å². The molecular weight excluding hydrogens is 342 g/mol. The van der Waals surface area contributed by atoms with E-state index in [4.69, 9.17) is 10.5 Å². The van der Waals surface area contributed by atoms with Crippen LogP contribution in [0.5, 0.6) is 5.75 Å². The zero-order valence-electron chi connectivity index (χ0n) is 15.9. The molecule has 0 saturated carbocycles. The summed E-state index contributed by atoms with van der Waals surface area (Å²) >= 11 is 0. The van der Waals surface area contributed by atoms with E-state index in [2.05, 4.69) is 17.6 Å². The van der Waals surface area contributed by atoms with Gasteiger partial charge in [0.15, 0.2) is 0 Å². The molecule has 0 fully saturated rings. The van der Waals surface area contributed by atoms with E-state index >= 15 is 0 Å². The van der Waals surface area contributed by atoms with Crippen molar-refractivity contribution in [3.63, 3.8) is 0 Å². The molecule has 0 bridgehead atoms. The average Bonchev–Trinajstić information content (AvgIpc) is 2.66. The van der Waals surface area contributed by atoms with Crippen molar-refractivity contribution in [2.75, 3.05) is 25.0 Å². The lowest BCUT2D eigenvalue weighted by molar-refractivity contribution is -0.116. The van der Waals surface area contributed by atoms with E-state index in [-0.39, 0.29) is 11.8 Å². The minimum atomic E-state index is -0.255. The summed E-state index contributed by atoms with van der Waals surface area (Å²) in [6.45, 7) is 5.29. The zero-order chi connectivity index (χ0) is 19.6. The van der Waals surface area contributed by atoms with Gasteiger partial charge in [-0.15, -0.1) is 0 Å². The molecule has 2 rings (SSSR count). The molecule has 6 heteroatoms. The Labute approximate surface area is 160 Å². The summed E-state index contributed by atoms with van der Waals surface area (Å²) in [5.41, 5.74) is 8.71. The van der Waals surface area contributed by atoms with Gasteiger partial charge in [0.05, 0.1) is 17.9 Å². The molecule has 2 aromatic rings. The summed E-state index contributed by atoms with van der Waals surface area (Å²) < 4.78 is 5.69. The number of para-hydroxylation sites is 1. The Balaban J connectivity index is 1.82.